The molecule has 0 spiro atoms. The van der Waals surface area contributed by atoms with Crippen molar-refractivity contribution in [1.82, 2.24) is 8.87 Å². The maximum Gasteiger partial charge on any atom is 0.243 e. The fourth-order valence-corrected chi connectivity index (χ4v) is 7.27. The predicted molar refractivity (Wildman–Crippen MR) is 153 cm³/mol. The van der Waals surface area contributed by atoms with Gasteiger partial charge in [0.15, 0.2) is 0 Å². The second kappa shape index (κ2) is 9.77. The molecule has 0 radical (unpaired) electrons. The van der Waals surface area contributed by atoms with Crippen LogP contribution in [0.25, 0.3) is 10.9 Å². The normalized spacial score (nSPS) is 15.9. The number of para-hydroxylation sites is 1. The molecule has 5 rings (SSSR count). The molecule has 0 amide bonds. The third-order valence-electron chi connectivity index (χ3n) is 8.09. The number of benzene rings is 3. The van der Waals surface area contributed by atoms with Gasteiger partial charge >= 0.3 is 0 Å². The number of sulfonamides is 1. The molecule has 0 bridgehead atoms. The molecule has 5 heteroatoms. The molecule has 1 fully saturated rings. The summed E-state index contributed by atoms with van der Waals surface area (Å²) < 4.78 is 31.0. The zero-order chi connectivity index (χ0) is 26.4. The Morgan fingerprint density at radius 3 is 2.11 bits per heavy atom. The SMILES string of the molecule is Cc1ccccc1Cn1c(C)c(C2CCN(S(=O)(=O)c3ccc(C(C)(C)C)cc3)CC2)c2ccccc21. The van der Waals surface area contributed by atoms with Gasteiger partial charge in [-0.05, 0) is 78.5 Å². The first-order chi connectivity index (χ1) is 17.6. The van der Waals surface area contributed by atoms with Gasteiger partial charge in [0.05, 0.1) is 4.90 Å². The lowest BCUT2D eigenvalue weighted by Gasteiger charge is -2.32. The Morgan fingerprint density at radius 2 is 1.46 bits per heavy atom. The monoisotopic (exact) mass is 514 g/mol. The van der Waals surface area contributed by atoms with Gasteiger partial charge in [0.1, 0.15) is 0 Å². The van der Waals surface area contributed by atoms with Crippen molar-refractivity contribution < 1.29 is 8.42 Å². The van der Waals surface area contributed by atoms with Gasteiger partial charge in [-0.1, -0.05) is 75.4 Å². The fourth-order valence-electron chi connectivity index (χ4n) is 5.80. The lowest BCUT2D eigenvalue weighted by atomic mass is 9.87. The Morgan fingerprint density at radius 1 is 0.838 bits per heavy atom. The fraction of sp³-hybridized carbons (Fsp3) is 0.375. The van der Waals surface area contributed by atoms with Crippen LogP contribution in [-0.2, 0) is 22.0 Å². The van der Waals surface area contributed by atoms with Gasteiger partial charge in [-0.3, -0.25) is 0 Å². The highest BCUT2D eigenvalue weighted by atomic mass is 32.2. The number of aromatic nitrogens is 1. The molecule has 0 aliphatic carbocycles. The van der Waals surface area contributed by atoms with Crippen LogP contribution in [-0.4, -0.2) is 30.4 Å². The van der Waals surface area contributed by atoms with E-state index in [0.29, 0.717) is 23.9 Å². The molecule has 3 aromatic carbocycles. The van der Waals surface area contributed by atoms with E-state index < -0.39 is 10.0 Å². The summed E-state index contributed by atoms with van der Waals surface area (Å²) in [5.74, 6) is 0.345. The van der Waals surface area contributed by atoms with Crippen molar-refractivity contribution in [2.24, 2.45) is 0 Å². The zero-order valence-corrected chi connectivity index (χ0v) is 23.5. The summed E-state index contributed by atoms with van der Waals surface area (Å²) in [7, 11) is -3.49. The van der Waals surface area contributed by atoms with E-state index in [9.17, 15) is 8.42 Å². The minimum atomic E-state index is -3.49. The Bertz CT molecular complexity index is 1520. The first-order valence-corrected chi connectivity index (χ1v) is 14.7. The number of aryl methyl sites for hydroxylation is 1. The second-order valence-electron chi connectivity index (χ2n) is 11.5. The van der Waals surface area contributed by atoms with E-state index in [0.717, 1.165) is 24.9 Å². The smallest absolute Gasteiger partial charge is 0.243 e. The molecule has 1 aliphatic heterocycles. The molecule has 0 saturated carbocycles. The van der Waals surface area contributed by atoms with E-state index in [2.05, 4.69) is 87.7 Å². The summed E-state index contributed by atoms with van der Waals surface area (Å²) in [6.07, 6.45) is 1.66. The van der Waals surface area contributed by atoms with Crippen LogP contribution in [0.1, 0.15) is 67.5 Å². The van der Waals surface area contributed by atoms with Crippen LogP contribution in [0, 0.1) is 13.8 Å². The minimum Gasteiger partial charge on any atom is -0.340 e. The number of rotatable bonds is 5. The average Bonchev–Trinajstić information content (AvgIpc) is 3.16. The lowest BCUT2D eigenvalue weighted by Crippen LogP contribution is -2.38. The third kappa shape index (κ3) is 4.87. The molecule has 1 aromatic heterocycles. The van der Waals surface area contributed by atoms with E-state index in [4.69, 9.17) is 0 Å². The van der Waals surface area contributed by atoms with Crippen LogP contribution < -0.4 is 0 Å². The molecule has 0 unspecified atom stereocenters. The molecular weight excluding hydrogens is 476 g/mol. The number of fused-ring (bicyclic) bond motifs is 1. The van der Waals surface area contributed by atoms with Crippen LogP contribution in [0.2, 0.25) is 0 Å². The quantitative estimate of drug-likeness (QED) is 0.283. The molecule has 37 heavy (non-hydrogen) atoms. The molecule has 0 N–H and O–H groups in total. The molecular formula is C32H38N2O2S. The highest BCUT2D eigenvalue weighted by Gasteiger charge is 2.32. The standard InChI is InChI=1S/C32H38N2O2S/c1-23-10-6-7-11-26(23)22-34-24(2)31(29-12-8-9-13-30(29)34)25-18-20-33(21-19-25)37(35,36)28-16-14-27(15-17-28)32(3,4)5/h6-17,25H,18-22H2,1-5H3. The maximum atomic E-state index is 13.4. The number of hydrogen-bond acceptors (Lipinski definition) is 2. The Hall–Kier alpha value is -2.89. The van der Waals surface area contributed by atoms with Crippen LogP contribution in [0.4, 0.5) is 0 Å². The van der Waals surface area contributed by atoms with E-state index in [1.165, 1.54) is 33.3 Å². The van der Waals surface area contributed by atoms with Gasteiger partial charge in [-0.15, -0.1) is 0 Å². The van der Waals surface area contributed by atoms with Gasteiger partial charge in [0.25, 0.3) is 0 Å². The summed E-state index contributed by atoms with van der Waals surface area (Å²) in [6, 6.07) is 24.7. The number of hydrogen-bond donors (Lipinski definition) is 0. The molecule has 0 atom stereocenters. The summed E-state index contributed by atoms with van der Waals surface area (Å²) in [5, 5.41) is 1.30. The van der Waals surface area contributed by atoms with Crippen molar-refractivity contribution >= 4 is 20.9 Å². The van der Waals surface area contributed by atoms with Crippen LogP contribution in [0.15, 0.2) is 77.7 Å². The zero-order valence-electron chi connectivity index (χ0n) is 22.7. The van der Waals surface area contributed by atoms with E-state index in [-0.39, 0.29) is 5.41 Å². The number of piperidine rings is 1. The van der Waals surface area contributed by atoms with Crippen LogP contribution in [0.5, 0.6) is 0 Å². The topological polar surface area (TPSA) is 42.3 Å². The Balaban J connectivity index is 1.39. The molecule has 194 valence electrons. The van der Waals surface area contributed by atoms with E-state index >= 15 is 0 Å². The molecule has 4 nitrogen and oxygen atoms in total. The van der Waals surface area contributed by atoms with Gasteiger partial charge in [0.2, 0.25) is 10.0 Å². The Labute approximate surface area is 222 Å². The number of nitrogens with zero attached hydrogens (tertiary/aromatic N) is 2. The second-order valence-corrected chi connectivity index (χ2v) is 13.4. The molecule has 2 heterocycles. The summed E-state index contributed by atoms with van der Waals surface area (Å²) >= 11 is 0. The van der Waals surface area contributed by atoms with Crippen molar-refractivity contribution in [3.05, 3.63) is 101 Å². The van der Waals surface area contributed by atoms with E-state index in [1.54, 1.807) is 16.4 Å². The van der Waals surface area contributed by atoms with Crippen LogP contribution in [0.3, 0.4) is 0 Å². The van der Waals surface area contributed by atoms with Crippen molar-refractivity contribution in [2.75, 3.05) is 13.1 Å². The van der Waals surface area contributed by atoms with Crippen molar-refractivity contribution in [3.8, 4) is 0 Å². The first kappa shape index (κ1) is 25.7. The summed E-state index contributed by atoms with van der Waals surface area (Å²) in [6.45, 7) is 12.8. The van der Waals surface area contributed by atoms with Gasteiger partial charge in [0, 0.05) is 36.2 Å². The summed E-state index contributed by atoms with van der Waals surface area (Å²) in [4.78, 5) is 0.393. The van der Waals surface area contributed by atoms with Crippen LogP contribution >= 0.6 is 0 Å². The molecule has 1 aliphatic rings. The van der Waals surface area contributed by atoms with Crippen molar-refractivity contribution in [3.63, 3.8) is 0 Å². The average molecular weight is 515 g/mol. The van der Waals surface area contributed by atoms with Gasteiger partial charge in [-0.25, -0.2) is 8.42 Å². The highest BCUT2D eigenvalue weighted by Crippen LogP contribution is 2.39. The third-order valence-corrected chi connectivity index (χ3v) is 10.0. The van der Waals surface area contributed by atoms with Crippen molar-refractivity contribution in [1.29, 1.82) is 0 Å². The Kier molecular flexibility index (Phi) is 6.80. The largest absolute Gasteiger partial charge is 0.340 e. The first-order valence-electron chi connectivity index (χ1n) is 13.3. The van der Waals surface area contributed by atoms with E-state index in [1.807, 2.05) is 12.1 Å². The summed E-state index contributed by atoms with van der Waals surface area (Å²) in [5.41, 5.74) is 7.71. The highest BCUT2D eigenvalue weighted by molar-refractivity contribution is 7.89. The predicted octanol–water partition coefficient (Wildman–Crippen LogP) is 7.17. The van der Waals surface area contributed by atoms with Gasteiger partial charge < -0.3 is 4.57 Å². The minimum absolute atomic E-state index is 0.00309. The lowest BCUT2D eigenvalue weighted by molar-refractivity contribution is 0.319. The van der Waals surface area contributed by atoms with Crippen molar-refractivity contribution in [2.45, 2.75) is 70.2 Å². The maximum absolute atomic E-state index is 13.4. The molecule has 4 aromatic rings. The molecule has 1 saturated heterocycles. The van der Waals surface area contributed by atoms with Gasteiger partial charge in [-0.2, -0.15) is 4.31 Å².